The van der Waals surface area contributed by atoms with Crippen LogP contribution in [0.2, 0.25) is 0 Å². The van der Waals surface area contributed by atoms with E-state index in [1.54, 1.807) is 19.6 Å². The topological polar surface area (TPSA) is 65.4 Å². The van der Waals surface area contributed by atoms with Gasteiger partial charge in [-0.05, 0) is 42.7 Å². The number of aromatic nitrogens is 2. The minimum Gasteiger partial charge on any atom is -0.497 e. The lowest BCUT2D eigenvalue weighted by molar-refractivity contribution is -0.116. The van der Waals surface area contributed by atoms with E-state index < -0.39 is 0 Å². The van der Waals surface area contributed by atoms with E-state index in [0.29, 0.717) is 13.0 Å². The van der Waals surface area contributed by atoms with E-state index in [4.69, 9.17) is 9.47 Å². The van der Waals surface area contributed by atoms with Gasteiger partial charge in [0.15, 0.2) is 0 Å². The number of methoxy groups -OCH3 is 1. The third kappa shape index (κ3) is 6.16. The van der Waals surface area contributed by atoms with E-state index in [1.165, 1.54) is 5.56 Å². The minimum absolute atomic E-state index is 0.00378. The zero-order valence-corrected chi connectivity index (χ0v) is 16.0. The Bertz CT molecular complexity index is 861. The Morgan fingerprint density at radius 3 is 2.75 bits per heavy atom. The van der Waals surface area contributed by atoms with Crippen LogP contribution in [0.3, 0.4) is 0 Å². The Morgan fingerprint density at radius 2 is 2.00 bits per heavy atom. The molecule has 0 atom stereocenters. The molecule has 3 aromatic rings. The Balaban J connectivity index is 1.40. The maximum absolute atomic E-state index is 12.2. The number of benzene rings is 2. The molecule has 0 spiro atoms. The quantitative estimate of drug-likeness (QED) is 0.580. The Kier molecular flexibility index (Phi) is 7.07. The van der Waals surface area contributed by atoms with Gasteiger partial charge in [0.05, 0.1) is 20.0 Å². The van der Waals surface area contributed by atoms with Gasteiger partial charge in [-0.3, -0.25) is 4.79 Å². The third-order valence-corrected chi connectivity index (χ3v) is 4.32. The van der Waals surface area contributed by atoms with Crippen LogP contribution in [0.15, 0.2) is 67.3 Å². The molecule has 3 rings (SSSR count). The molecule has 6 heteroatoms. The summed E-state index contributed by atoms with van der Waals surface area (Å²) in [5.74, 6) is 1.58. The summed E-state index contributed by atoms with van der Waals surface area (Å²) in [6.45, 7) is 1.26. The van der Waals surface area contributed by atoms with Gasteiger partial charge in [0.1, 0.15) is 18.1 Å². The first-order chi connectivity index (χ1) is 13.7. The van der Waals surface area contributed by atoms with Crippen molar-refractivity contribution in [1.82, 2.24) is 9.55 Å². The summed E-state index contributed by atoms with van der Waals surface area (Å²) >= 11 is 0. The summed E-state index contributed by atoms with van der Waals surface area (Å²) in [6, 6.07) is 15.4. The number of amides is 1. The highest BCUT2D eigenvalue weighted by atomic mass is 16.5. The summed E-state index contributed by atoms with van der Waals surface area (Å²) in [7, 11) is 1.65. The van der Waals surface area contributed by atoms with Crippen molar-refractivity contribution < 1.29 is 14.3 Å². The molecule has 0 aliphatic heterocycles. The van der Waals surface area contributed by atoms with Crippen molar-refractivity contribution in [3.63, 3.8) is 0 Å². The highest BCUT2D eigenvalue weighted by Gasteiger charge is 2.04. The van der Waals surface area contributed by atoms with Crippen LogP contribution in [0.5, 0.6) is 11.5 Å². The van der Waals surface area contributed by atoms with Gasteiger partial charge in [-0.2, -0.15) is 0 Å². The van der Waals surface area contributed by atoms with Crippen LogP contribution < -0.4 is 14.8 Å². The van der Waals surface area contributed by atoms with E-state index in [0.717, 1.165) is 36.6 Å². The molecule has 1 N–H and O–H groups in total. The molecule has 0 saturated carbocycles. The summed E-state index contributed by atoms with van der Waals surface area (Å²) < 4.78 is 12.9. The normalized spacial score (nSPS) is 10.5. The van der Waals surface area contributed by atoms with Crippen LogP contribution in [0.25, 0.3) is 0 Å². The molecule has 0 saturated heterocycles. The number of hydrogen-bond donors (Lipinski definition) is 1. The summed E-state index contributed by atoms with van der Waals surface area (Å²) in [5.41, 5.74) is 1.94. The monoisotopic (exact) mass is 379 g/mol. The molecule has 2 aromatic carbocycles. The van der Waals surface area contributed by atoms with Gasteiger partial charge < -0.3 is 19.4 Å². The zero-order chi connectivity index (χ0) is 19.6. The number of anilines is 1. The van der Waals surface area contributed by atoms with Crippen molar-refractivity contribution in [3.8, 4) is 11.5 Å². The van der Waals surface area contributed by atoms with Gasteiger partial charge in [0.2, 0.25) is 5.91 Å². The Morgan fingerprint density at radius 1 is 1.14 bits per heavy atom. The highest BCUT2D eigenvalue weighted by Crippen LogP contribution is 2.18. The molecule has 146 valence electrons. The number of imidazole rings is 1. The van der Waals surface area contributed by atoms with Gasteiger partial charge in [0, 0.05) is 30.6 Å². The largest absolute Gasteiger partial charge is 0.497 e. The van der Waals surface area contributed by atoms with Crippen LogP contribution in [0, 0.1) is 0 Å². The molecule has 28 heavy (non-hydrogen) atoms. The van der Waals surface area contributed by atoms with E-state index in [9.17, 15) is 4.79 Å². The predicted molar refractivity (Wildman–Crippen MR) is 109 cm³/mol. The molecule has 1 heterocycles. The Hall–Kier alpha value is -3.28. The van der Waals surface area contributed by atoms with Crippen LogP contribution in [-0.2, 0) is 17.8 Å². The fourth-order valence-electron chi connectivity index (χ4n) is 2.82. The standard InChI is InChI=1S/C22H25N3O3/c1-27-20-10-8-18(9-11-20)4-2-7-22(26)24-19-5-3-6-21(16-19)28-15-14-25-13-12-23-17-25/h3,5-6,8-13,16-17H,2,4,7,14-15H2,1H3,(H,24,26). The van der Waals surface area contributed by atoms with Crippen molar-refractivity contribution in [2.75, 3.05) is 19.0 Å². The van der Waals surface area contributed by atoms with E-state index in [2.05, 4.69) is 10.3 Å². The smallest absolute Gasteiger partial charge is 0.224 e. The first-order valence-corrected chi connectivity index (χ1v) is 9.34. The van der Waals surface area contributed by atoms with Gasteiger partial charge >= 0.3 is 0 Å². The lowest BCUT2D eigenvalue weighted by Gasteiger charge is -2.10. The van der Waals surface area contributed by atoms with Crippen molar-refractivity contribution in [1.29, 1.82) is 0 Å². The predicted octanol–water partition coefficient (Wildman–Crippen LogP) is 3.93. The number of rotatable bonds is 10. The summed E-state index contributed by atoms with van der Waals surface area (Å²) in [4.78, 5) is 16.2. The SMILES string of the molecule is COc1ccc(CCCC(=O)Nc2cccc(OCCn3ccnc3)c2)cc1. The first kappa shape index (κ1) is 19.5. The lowest BCUT2D eigenvalue weighted by Crippen LogP contribution is -2.12. The average molecular weight is 379 g/mol. The maximum Gasteiger partial charge on any atom is 0.224 e. The molecule has 0 bridgehead atoms. The van der Waals surface area contributed by atoms with Crippen LogP contribution in [-0.4, -0.2) is 29.2 Å². The molecular formula is C22H25N3O3. The van der Waals surface area contributed by atoms with Crippen molar-refractivity contribution >= 4 is 11.6 Å². The van der Waals surface area contributed by atoms with Crippen LogP contribution >= 0.6 is 0 Å². The molecule has 1 aromatic heterocycles. The molecule has 0 unspecified atom stereocenters. The number of carbonyl (C=O) groups is 1. The fourth-order valence-corrected chi connectivity index (χ4v) is 2.82. The molecule has 1 amide bonds. The zero-order valence-electron chi connectivity index (χ0n) is 16.0. The molecular weight excluding hydrogens is 354 g/mol. The van der Waals surface area contributed by atoms with Gasteiger partial charge in [0.25, 0.3) is 0 Å². The Labute approximate surface area is 165 Å². The number of hydrogen-bond acceptors (Lipinski definition) is 4. The van der Waals surface area contributed by atoms with Gasteiger partial charge in [-0.1, -0.05) is 18.2 Å². The van der Waals surface area contributed by atoms with Crippen molar-refractivity contribution in [2.24, 2.45) is 0 Å². The summed E-state index contributed by atoms with van der Waals surface area (Å²) in [6.07, 6.45) is 7.51. The van der Waals surface area contributed by atoms with Crippen molar-refractivity contribution in [3.05, 3.63) is 72.8 Å². The number of carbonyl (C=O) groups excluding carboxylic acids is 1. The van der Waals surface area contributed by atoms with E-state index >= 15 is 0 Å². The van der Waals surface area contributed by atoms with Crippen LogP contribution in [0.1, 0.15) is 18.4 Å². The first-order valence-electron chi connectivity index (χ1n) is 9.34. The second kappa shape index (κ2) is 10.2. The number of ether oxygens (including phenoxy) is 2. The molecule has 0 radical (unpaired) electrons. The number of aryl methyl sites for hydroxylation is 1. The average Bonchev–Trinajstić information content (AvgIpc) is 3.22. The number of nitrogens with one attached hydrogen (secondary N) is 1. The third-order valence-electron chi connectivity index (χ3n) is 4.32. The second-order valence-corrected chi connectivity index (χ2v) is 6.43. The molecule has 0 fully saturated rings. The molecule has 0 aliphatic carbocycles. The maximum atomic E-state index is 12.2. The molecule has 0 aliphatic rings. The lowest BCUT2D eigenvalue weighted by atomic mass is 10.1. The van der Waals surface area contributed by atoms with E-state index in [1.807, 2.05) is 59.3 Å². The highest BCUT2D eigenvalue weighted by molar-refractivity contribution is 5.90. The fraction of sp³-hybridized carbons (Fsp3) is 0.273. The van der Waals surface area contributed by atoms with Gasteiger partial charge in [-0.15, -0.1) is 0 Å². The number of nitrogens with zero attached hydrogens (tertiary/aromatic N) is 2. The van der Waals surface area contributed by atoms with E-state index in [-0.39, 0.29) is 5.91 Å². The summed E-state index contributed by atoms with van der Waals surface area (Å²) in [5, 5.41) is 2.94. The van der Waals surface area contributed by atoms with Crippen molar-refractivity contribution in [2.45, 2.75) is 25.8 Å². The van der Waals surface area contributed by atoms with Gasteiger partial charge in [-0.25, -0.2) is 4.98 Å². The minimum atomic E-state index is 0.00378. The molecule has 6 nitrogen and oxygen atoms in total. The van der Waals surface area contributed by atoms with Crippen LogP contribution in [0.4, 0.5) is 5.69 Å². The second-order valence-electron chi connectivity index (χ2n) is 6.43.